The number of sulfonamides is 1. The molecular formula is C15H15F3N4O4S. The van der Waals surface area contributed by atoms with Gasteiger partial charge in [-0.3, -0.25) is 0 Å². The van der Waals surface area contributed by atoms with E-state index in [0.29, 0.717) is 18.7 Å². The van der Waals surface area contributed by atoms with Crippen molar-refractivity contribution in [1.29, 1.82) is 0 Å². The van der Waals surface area contributed by atoms with E-state index in [1.54, 1.807) is 0 Å². The molecule has 1 aromatic carbocycles. The van der Waals surface area contributed by atoms with Crippen LogP contribution in [0.5, 0.6) is 0 Å². The predicted molar refractivity (Wildman–Crippen MR) is 87.7 cm³/mol. The minimum atomic E-state index is -4.57. The highest BCUT2D eigenvalue weighted by Crippen LogP contribution is 2.32. The fourth-order valence-corrected chi connectivity index (χ4v) is 4.38. The van der Waals surface area contributed by atoms with Crippen molar-refractivity contribution in [2.75, 3.05) is 17.4 Å². The number of hydrogen-bond acceptors (Lipinski definition) is 4. The van der Waals surface area contributed by atoms with Crippen molar-refractivity contribution in [3.05, 3.63) is 42.1 Å². The third-order valence-electron chi connectivity index (χ3n) is 4.12. The Morgan fingerprint density at radius 2 is 1.89 bits per heavy atom. The Morgan fingerprint density at radius 3 is 2.48 bits per heavy atom. The second kappa shape index (κ2) is 6.76. The average Bonchev–Trinajstić information content (AvgIpc) is 3.07. The molecule has 2 heterocycles. The van der Waals surface area contributed by atoms with Crippen LogP contribution in [0.25, 0.3) is 0 Å². The minimum absolute atomic E-state index is 0.00760. The van der Waals surface area contributed by atoms with E-state index in [0.717, 1.165) is 16.4 Å². The first-order valence-electron chi connectivity index (χ1n) is 7.77. The highest BCUT2D eigenvalue weighted by atomic mass is 32.2. The van der Waals surface area contributed by atoms with Crippen molar-refractivity contribution in [3.8, 4) is 0 Å². The summed E-state index contributed by atoms with van der Waals surface area (Å²) in [5.74, 6) is -0.126. The monoisotopic (exact) mass is 404 g/mol. The van der Waals surface area contributed by atoms with Crippen LogP contribution in [0.1, 0.15) is 5.56 Å². The van der Waals surface area contributed by atoms with E-state index in [1.165, 1.54) is 16.9 Å². The number of aromatic nitrogens is 2. The van der Waals surface area contributed by atoms with Gasteiger partial charge in [0.15, 0.2) is 0 Å². The highest BCUT2D eigenvalue weighted by molar-refractivity contribution is 7.92. The summed E-state index contributed by atoms with van der Waals surface area (Å²) in [6.45, 7) is 0.282. The Morgan fingerprint density at radius 1 is 1.22 bits per heavy atom. The Kier molecular flexibility index (Phi) is 4.76. The number of benzene rings is 1. The molecule has 1 aromatic heterocycles. The molecule has 1 aliphatic heterocycles. The number of nitrogens with zero attached hydrogens (tertiary/aromatic N) is 3. The van der Waals surface area contributed by atoms with Crippen LogP contribution in [0.3, 0.4) is 0 Å². The SMILES string of the molecule is O=C(O)NCC1CN(S(=O)(=O)c2ccc(C(F)(F)F)cc2)c2ccnn2C1. The van der Waals surface area contributed by atoms with Gasteiger partial charge in [0.1, 0.15) is 5.82 Å². The van der Waals surface area contributed by atoms with Crippen molar-refractivity contribution in [3.63, 3.8) is 0 Å². The molecule has 146 valence electrons. The first-order valence-corrected chi connectivity index (χ1v) is 9.21. The molecule has 2 N–H and O–H groups in total. The van der Waals surface area contributed by atoms with E-state index >= 15 is 0 Å². The molecule has 8 nitrogen and oxygen atoms in total. The topological polar surface area (TPSA) is 105 Å². The zero-order valence-corrected chi connectivity index (χ0v) is 14.5. The lowest BCUT2D eigenvalue weighted by Crippen LogP contribution is -2.45. The first kappa shape index (κ1) is 19.0. The maximum absolute atomic E-state index is 13.0. The second-order valence-electron chi connectivity index (χ2n) is 5.98. The maximum atomic E-state index is 13.0. The van der Waals surface area contributed by atoms with Crippen molar-refractivity contribution >= 4 is 21.9 Å². The van der Waals surface area contributed by atoms with Crippen LogP contribution in [0.15, 0.2) is 41.4 Å². The largest absolute Gasteiger partial charge is 0.465 e. The normalized spacial score (nSPS) is 17.4. The van der Waals surface area contributed by atoms with Gasteiger partial charge in [-0.15, -0.1) is 0 Å². The van der Waals surface area contributed by atoms with E-state index in [9.17, 15) is 26.4 Å². The summed E-state index contributed by atoms with van der Waals surface area (Å²) in [6.07, 6.45) is -4.41. The predicted octanol–water partition coefficient (Wildman–Crippen LogP) is 1.99. The molecule has 0 fully saturated rings. The van der Waals surface area contributed by atoms with Gasteiger partial charge in [-0.1, -0.05) is 0 Å². The molecule has 1 atom stereocenters. The van der Waals surface area contributed by atoms with Gasteiger partial charge < -0.3 is 10.4 Å². The van der Waals surface area contributed by atoms with Crippen LogP contribution in [-0.4, -0.2) is 42.5 Å². The average molecular weight is 404 g/mol. The molecule has 0 aliphatic carbocycles. The summed E-state index contributed by atoms with van der Waals surface area (Å²) in [5, 5.41) is 15.0. The first-order chi connectivity index (χ1) is 12.6. The van der Waals surface area contributed by atoms with Gasteiger partial charge in [-0.25, -0.2) is 22.2 Å². The van der Waals surface area contributed by atoms with Gasteiger partial charge in [0, 0.05) is 31.6 Å². The summed E-state index contributed by atoms with van der Waals surface area (Å²) in [5.41, 5.74) is -0.950. The fourth-order valence-electron chi connectivity index (χ4n) is 2.83. The molecule has 1 aliphatic rings. The zero-order valence-electron chi connectivity index (χ0n) is 13.7. The highest BCUT2D eigenvalue weighted by Gasteiger charge is 2.35. The van der Waals surface area contributed by atoms with E-state index < -0.39 is 33.8 Å². The summed E-state index contributed by atoms with van der Waals surface area (Å²) < 4.78 is 66.5. The summed E-state index contributed by atoms with van der Waals surface area (Å²) >= 11 is 0. The number of rotatable bonds is 4. The number of carbonyl (C=O) groups is 1. The Balaban J connectivity index is 1.92. The molecule has 0 radical (unpaired) electrons. The molecular weight excluding hydrogens is 389 g/mol. The smallest absolute Gasteiger partial charge is 0.416 e. The third kappa shape index (κ3) is 3.84. The van der Waals surface area contributed by atoms with Gasteiger partial charge in [0.25, 0.3) is 10.0 Å². The minimum Gasteiger partial charge on any atom is -0.465 e. The van der Waals surface area contributed by atoms with Gasteiger partial charge in [-0.2, -0.15) is 18.3 Å². The Hall–Kier alpha value is -2.76. The zero-order chi connectivity index (χ0) is 19.8. The molecule has 0 saturated carbocycles. The molecule has 12 heteroatoms. The summed E-state index contributed by atoms with van der Waals surface area (Å²) in [7, 11) is -4.15. The van der Waals surface area contributed by atoms with Crippen LogP contribution >= 0.6 is 0 Å². The number of nitrogens with one attached hydrogen (secondary N) is 1. The number of amides is 1. The van der Waals surface area contributed by atoms with Crippen LogP contribution in [0, 0.1) is 5.92 Å². The van der Waals surface area contributed by atoms with Crippen molar-refractivity contribution in [2.24, 2.45) is 5.92 Å². The number of halogens is 3. The Labute approximate surface area is 152 Å². The number of hydrogen-bond donors (Lipinski definition) is 2. The maximum Gasteiger partial charge on any atom is 0.416 e. The fraction of sp³-hybridized carbons (Fsp3) is 0.333. The molecule has 0 bridgehead atoms. The van der Waals surface area contributed by atoms with Gasteiger partial charge in [0.2, 0.25) is 0 Å². The molecule has 2 aromatic rings. The molecule has 3 rings (SSSR count). The molecule has 0 saturated heterocycles. The number of carboxylic acid groups (broad SMARTS) is 1. The van der Waals surface area contributed by atoms with Crippen LogP contribution in [0.2, 0.25) is 0 Å². The van der Waals surface area contributed by atoms with Crippen molar-refractivity contribution in [2.45, 2.75) is 17.6 Å². The number of fused-ring (bicyclic) bond motifs is 1. The van der Waals surface area contributed by atoms with E-state index in [-0.39, 0.29) is 23.8 Å². The Bertz CT molecular complexity index is 941. The van der Waals surface area contributed by atoms with Gasteiger partial charge in [0.05, 0.1) is 16.7 Å². The lowest BCUT2D eigenvalue weighted by molar-refractivity contribution is -0.137. The summed E-state index contributed by atoms with van der Waals surface area (Å²) in [6, 6.07) is 4.69. The van der Waals surface area contributed by atoms with Crippen molar-refractivity contribution < 1.29 is 31.5 Å². The lowest BCUT2D eigenvalue weighted by Gasteiger charge is -2.33. The van der Waals surface area contributed by atoms with Gasteiger partial charge >= 0.3 is 12.3 Å². The molecule has 1 amide bonds. The van der Waals surface area contributed by atoms with Gasteiger partial charge in [-0.05, 0) is 24.3 Å². The summed E-state index contributed by atoms with van der Waals surface area (Å²) in [4.78, 5) is 10.4. The second-order valence-corrected chi connectivity index (χ2v) is 7.84. The van der Waals surface area contributed by atoms with E-state index in [4.69, 9.17) is 5.11 Å². The number of anilines is 1. The van der Waals surface area contributed by atoms with Crippen LogP contribution in [0.4, 0.5) is 23.8 Å². The van der Waals surface area contributed by atoms with E-state index in [2.05, 4.69) is 10.4 Å². The number of alkyl halides is 3. The van der Waals surface area contributed by atoms with Crippen molar-refractivity contribution in [1.82, 2.24) is 15.1 Å². The quantitative estimate of drug-likeness (QED) is 0.811. The molecule has 1 unspecified atom stereocenters. The van der Waals surface area contributed by atoms with E-state index in [1.807, 2.05) is 0 Å². The third-order valence-corrected chi connectivity index (χ3v) is 5.90. The molecule has 0 spiro atoms. The van der Waals surface area contributed by atoms with Crippen LogP contribution < -0.4 is 9.62 Å². The standard InChI is InChI=1S/C15H15F3N4O4S/c16-15(17,18)11-1-3-12(4-2-11)27(25,26)22-9-10(7-19-14(23)24)8-21-13(22)5-6-20-21/h1-6,10,19H,7-9H2,(H,23,24). The van der Waals surface area contributed by atoms with Crippen LogP contribution in [-0.2, 0) is 22.7 Å². The lowest BCUT2D eigenvalue weighted by atomic mass is 10.1. The molecule has 27 heavy (non-hydrogen) atoms.